The van der Waals surface area contributed by atoms with Crippen molar-refractivity contribution < 1.29 is 0 Å². The lowest BCUT2D eigenvalue weighted by atomic mass is 10.1. The molecule has 1 N–H and O–H groups in total. The first-order chi connectivity index (χ1) is 8.24. The van der Waals surface area contributed by atoms with Gasteiger partial charge in [0.25, 0.3) is 0 Å². The van der Waals surface area contributed by atoms with Crippen molar-refractivity contribution in [3.05, 3.63) is 29.8 Å². The van der Waals surface area contributed by atoms with Crippen molar-refractivity contribution in [3.63, 3.8) is 0 Å². The highest BCUT2D eigenvalue weighted by molar-refractivity contribution is 5.45. The molecule has 1 saturated heterocycles. The van der Waals surface area contributed by atoms with Gasteiger partial charge in [0.15, 0.2) is 0 Å². The van der Waals surface area contributed by atoms with Crippen LogP contribution in [0, 0.1) is 5.92 Å². The highest BCUT2D eigenvalue weighted by atomic mass is 15.1. The van der Waals surface area contributed by atoms with E-state index in [1.54, 1.807) is 0 Å². The van der Waals surface area contributed by atoms with Crippen LogP contribution in [-0.2, 0) is 6.54 Å². The van der Waals surface area contributed by atoms with Gasteiger partial charge in [-0.3, -0.25) is 4.90 Å². The lowest BCUT2D eigenvalue weighted by Crippen LogP contribution is -2.18. The van der Waals surface area contributed by atoms with Crippen LogP contribution in [0.25, 0.3) is 0 Å². The van der Waals surface area contributed by atoms with Crippen molar-refractivity contribution in [3.8, 4) is 0 Å². The molecule has 0 unspecified atom stereocenters. The monoisotopic (exact) mass is 232 g/mol. The molecule has 1 fully saturated rings. The number of anilines is 1. The summed E-state index contributed by atoms with van der Waals surface area (Å²) in [6.07, 6.45) is 2.73. The first kappa shape index (κ1) is 12.4. The minimum absolute atomic E-state index is 0.692. The molecule has 94 valence electrons. The first-order valence-electron chi connectivity index (χ1n) is 6.79. The summed E-state index contributed by atoms with van der Waals surface area (Å²) >= 11 is 0. The molecule has 1 aliphatic rings. The molecule has 0 saturated carbocycles. The molecular weight excluding hydrogens is 208 g/mol. The van der Waals surface area contributed by atoms with E-state index < -0.39 is 0 Å². The van der Waals surface area contributed by atoms with E-state index in [0.29, 0.717) is 5.92 Å². The number of nitrogens with one attached hydrogen (secondary N) is 1. The van der Waals surface area contributed by atoms with Crippen LogP contribution in [0.15, 0.2) is 24.3 Å². The van der Waals surface area contributed by atoms with E-state index >= 15 is 0 Å². The zero-order valence-corrected chi connectivity index (χ0v) is 11.1. The Balaban J connectivity index is 1.91. The summed E-state index contributed by atoms with van der Waals surface area (Å²) in [7, 11) is 0. The van der Waals surface area contributed by atoms with Crippen LogP contribution in [0.4, 0.5) is 5.69 Å². The van der Waals surface area contributed by atoms with E-state index in [0.717, 1.165) is 13.1 Å². The van der Waals surface area contributed by atoms with Crippen LogP contribution >= 0.6 is 0 Å². The Kier molecular flexibility index (Phi) is 4.43. The second kappa shape index (κ2) is 6.06. The number of likely N-dealkylation sites (tertiary alicyclic amines) is 1. The number of nitrogens with zero attached hydrogens (tertiary/aromatic N) is 1. The summed E-state index contributed by atoms with van der Waals surface area (Å²) in [6, 6.07) is 8.85. The fraction of sp³-hybridized carbons (Fsp3) is 0.600. The van der Waals surface area contributed by atoms with E-state index in [9.17, 15) is 0 Å². The maximum absolute atomic E-state index is 3.49. The van der Waals surface area contributed by atoms with Gasteiger partial charge in [-0.15, -0.1) is 0 Å². The van der Waals surface area contributed by atoms with E-state index in [2.05, 4.69) is 48.3 Å². The zero-order chi connectivity index (χ0) is 12.1. The minimum atomic E-state index is 0.692. The SMILES string of the molecule is CC(C)CNc1cccc(CN2CCCC2)c1. The van der Waals surface area contributed by atoms with Crippen molar-refractivity contribution in [2.75, 3.05) is 25.0 Å². The number of benzene rings is 1. The predicted octanol–water partition coefficient (Wildman–Crippen LogP) is 3.35. The molecule has 0 radical (unpaired) electrons. The van der Waals surface area contributed by atoms with E-state index in [4.69, 9.17) is 0 Å². The molecule has 0 aromatic heterocycles. The largest absolute Gasteiger partial charge is 0.385 e. The molecule has 0 spiro atoms. The normalized spacial score (nSPS) is 16.6. The lowest BCUT2D eigenvalue weighted by molar-refractivity contribution is 0.331. The third kappa shape index (κ3) is 4.04. The predicted molar refractivity (Wildman–Crippen MR) is 74.3 cm³/mol. The highest BCUT2D eigenvalue weighted by Gasteiger charge is 2.11. The second-order valence-corrected chi connectivity index (χ2v) is 5.46. The van der Waals surface area contributed by atoms with Crippen LogP contribution in [0.5, 0.6) is 0 Å². The fourth-order valence-electron chi connectivity index (χ4n) is 2.30. The summed E-state index contributed by atoms with van der Waals surface area (Å²) in [5, 5.41) is 3.49. The topological polar surface area (TPSA) is 15.3 Å². The molecule has 2 nitrogen and oxygen atoms in total. The Labute approximate surface area is 105 Å². The zero-order valence-electron chi connectivity index (χ0n) is 11.1. The van der Waals surface area contributed by atoms with Crippen LogP contribution in [-0.4, -0.2) is 24.5 Å². The Morgan fingerprint density at radius 3 is 2.71 bits per heavy atom. The summed E-state index contributed by atoms with van der Waals surface area (Å²) in [6.45, 7) is 9.17. The van der Waals surface area contributed by atoms with Gasteiger partial charge in [0, 0.05) is 18.8 Å². The van der Waals surface area contributed by atoms with Gasteiger partial charge in [-0.1, -0.05) is 26.0 Å². The van der Waals surface area contributed by atoms with Gasteiger partial charge < -0.3 is 5.32 Å². The molecule has 2 heteroatoms. The maximum Gasteiger partial charge on any atom is 0.0343 e. The average Bonchev–Trinajstić information content (AvgIpc) is 2.80. The number of hydrogen-bond donors (Lipinski definition) is 1. The minimum Gasteiger partial charge on any atom is -0.385 e. The molecule has 0 bridgehead atoms. The highest BCUT2D eigenvalue weighted by Crippen LogP contribution is 2.16. The van der Waals surface area contributed by atoms with Crippen molar-refractivity contribution in [1.82, 2.24) is 4.90 Å². The van der Waals surface area contributed by atoms with E-state index in [1.807, 2.05) is 0 Å². The second-order valence-electron chi connectivity index (χ2n) is 5.46. The summed E-state index contributed by atoms with van der Waals surface area (Å²) in [5.74, 6) is 0.692. The van der Waals surface area contributed by atoms with Gasteiger partial charge >= 0.3 is 0 Å². The standard InChI is InChI=1S/C15H24N2/c1-13(2)11-16-15-7-5-6-14(10-15)12-17-8-3-4-9-17/h5-7,10,13,16H,3-4,8-9,11-12H2,1-2H3. The van der Waals surface area contributed by atoms with Crippen LogP contribution in [0.2, 0.25) is 0 Å². The third-order valence-corrected chi connectivity index (χ3v) is 3.25. The first-order valence-corrected chi connectivity index (χ1v) is 6.79. The van der Waals surface area contributed by atoms with Crippen LogP contribution < -0.4 is 5.32 Å². The molecular formula is C15H24N2. The third-order valence-electron chi connectivity index (χ3n) is 3.25. The Morgan fingerprint density at radius 2 is 2.00 bits per heavy atom. The smallest absolute Gasteiger partial charge is 0.0343 e. The molecule has 0 amide bonds. The van der Waals surface area contributed by atoms with Crippen molar-refractivity contribution in [1.29, 1.82) is 0 Å². The van der Waals surface area contributed by atoms with Gasteiger partial charge in [-0.25, -0.2) is 0 Å². The van der Waals surface area contributed by atoms with Crippen molar-refractivity contribution >= 4 is 5.69 Å². The van der Waals surface area contributed by atoms with E-state index in [-0.39, 0.29) is 0 Å². The Morgan fingerprint density at radius 1 is 1.24 bits per heavy atom. The van der Waals surface area contributed by atoms with Crippen molar-refractivity contribution in [2.24, 2.45) is 5.92 Å². The van der Waals surface area contributed by atoms with Crippen molar-refractivity contribution in [2.45, 2.75) is 33.2 Å². The van der Waals surface area contributed by atoms with Gasteiger partial charge in [0.2, 0.25) is 0 Å². The van der Waals surface area contributed by atoms with Gasteiger partial charge in [0.1, 0.15) is 0 Å². The van der Waals surface area contributed by atoms with Gasteiger partial charge in [-0.05, 0) is 49.5 Å². The molecule has 0 atom stereocenters. The number of hydrogen-bond acceptors (Lipinski definition) is 2. The summed E-state index contributed by atoms with van der Waals surface area (Å²) in [4.78, 5) is 2.54. The van der Waals surface area contributed by atoms with Gasteiger partial charge in [-0.2, -0.15) is 0 Å². The average molecular weight is 232 g/mol. The molecule has 1 aromatic carbocycles. The fourth-order valence-corrected chi connectivity index (χ4v) is 2.30. The Hall–Kier alpha value is -1.02. The molecule has 1 heterocycles. The van der Waals surface area contributed by atoms with Gasteiger partial charge in [0.05, 0.1) is 0 Å². The summed E-state index contributed by atoms with van der Waals surface area (Å²) < 4.78 is 0. The Bertz CT molecular complexity index is 341. The molecule has 17 heavy (non-hydrogen) atoms. The quantitative estimate of drug-likeness (QED) is 0.837. The van der Waals surface area contributed by atoms with Crippen LogP contribution in [0.3, 0.4) is 0 Å². The lowest BCUT2D eigenvalue weighted by Gasteiger charge is -2.16. The van der Waals surface area contributed by atoms with E-state index in [1.165, 1.54) is 37.2 Å². The number of rotatable bonds is 5. The molecule has 2 rings (SSSR count). The molecule has 0 aliphatic carbocycles. The van der Waals surface area contributed by atoms with Crippen LogP contribution in [0.1, 0.15) is 32.3 Å². The summed E-state index contributed by atoms with van der Waals surface area (Å²) in [5.41, 5.74) is 2.69. The molecule has 1 aliphatic heterocycles. The molecule has 1 aromatic rings. The maximum atomic E-state index is 3.49.